The number of ether oxygens (including phenoxy) is 1. The van der Waals surface area contributed by atoms with E-state index in [2.05, 4.69) is 19.9 Å². The van der Waals surface area contributed by atoms with Crippen LogP contribution in [0, 0.1) is 6.92 Å². The van der Waals surface area contributed by atoms with E-state index in [-0.39, 0.29) is 0 Å². The Balaban J connectivity index is 1.58. The predicted octanol–water partition coefficient (Wildman–Crippen LogP) is 1.71. The van der Waals surface area contributed by atoms with E-state index in [1.165, 1.54) is 0 Å². The van der Waals surface area contributed by atoms with Crippen LogP contribution in [0.25, 0.3) is 0 Å². The zero-order chi connectivity index (χ0) is 14.7. The van der Waals surface area contributed by atoms with Crippen molar-refractivity contribution in [2.75, 3.05) is 38.2 Å². The molecule has 0 radical (unpaired) electrons. The number of nitrogens with zero attached hydrogens (tertiary/aromatic N) is 4. The molecule has 1 aliphatic heterocycles. The van der Waals surface area contributed by atoms with Gasteiger partial charge in [0, 0.05) is 44.4 Å². The van der Waals surface area contributed by atoms with Gasteiger partial charge in [-0.05, 0) is 6.92 Å². The highest BCUT2D eigenvalue weighted by molar-refractivity contribution is 5.48. The summed E-state index contributed by atoms with van der Waals surface area (Å²) in [5.74, 6) is 0.799. The minimum Gasteiger partial charge on any atom is -0.495 e. The van der Waals surface area contributed by atoms with E-state index in [0.717, 1.165) is 55.4 Å². The zero-order valence-corrected chi connectivity index (χ0v) is 12.5. The summed E-state index contributed by atoms with van der Waals surface area (Å²) in [5, 5.41) is 4.05. The summed E-state index contributed by atoms with van der Waals surface area (Å²) < 4.78 is 10.2. The summed E-state index contributed by atoms with van der Waals surface area (Å²) in [6.45, 7) is 6.85. The van der Waals surface area contributed by atoms with E-state index in [1.54, 1.807) is 19.6 Å². The van der Waals surface area contributed by atoms with Crippen molar-refractivity contribution >= 4 is 5.69 Å². The van der Waals surface area contributed by atoms with Crippen LogP contribution in [0.4, 0.5) is 5.69 Å². The molecule has 6 heteroatoms. The molecule has 0 aromatic carbocycles. The summed E-state index contributed by atoms with van der Waals surface area (Å²) >= 11 is 0. The van der Waals surface area contributed by atoms with Gasteiger partial charge in [-0.25, -0.2) is 0 Å². The molecule has 21 heavy (non-hydrogen) atoms. The van der Waals surface area contributed by atoms with Gasteiger partial charge in [-0.15, -0.1) is 0 Å². The predicted molar refractivity (Wildman–Crippen MR) is 79.5 cm³/mol. The molecular formula is C15H20N4O2. The molecular weight excluding hydrogens is 268 g/mol. The molecule has 0 N–H and O–H groups in total. The molecule has 0 unspecified atom stereocenters. The third-order valence-electron chi connectivity index (χ3n) is 3.89. The molecule has 3 heterocycles. The van der Waals surface area contributed by atoms with Crippen LogP contribution >= 0.6 is 0 Å². The average Bonchev–Trinajstić information content (AvgIpc) is 2.93. The minimum absolute atomic E-state index is 0.799. The SMILES string of the molecule is COc1cncc(N2CCN(Cc3nocc3C)CC2)c1. The molecule has 0 saturated carbocycles. The third-order valence-corrected chi connectivity index (χ3v) is 3.89. The van der Waals surface area contributed by atoms with Gasteiger partial charge in [0.1, 0.15) is 17.7 Å². The summed E-state index contributed by atoms with van der Waals surface area (Å²) in [6.07, 6.45) is 5.32. The minimum atomic E-state index is 0.799. The Bertz CT molecular complexity index is 591. The van der Waals surface area contributed by atoms with Crippen molar-refractivity contribution < 1.29 is 9.26 Å². The third kappa shape index (κ3) is 3.16. The first-order valence-corrected chi connectivity index (χ1v) is 7.12. The second kappa shape index (κ2) is 6.13. The standard InChI is InChI=1S/C15H20N4O2/c1-12-11-21-17-15(12)10-18-3-5-19(6-4-18)13-7-14(20-2)9-16-8-13/h7-9,11H,3-6,10H2,1-2H3. The van der Waals surface area contributed by atoms with Crippen molar-refractivity contribution in [2.45, 2.75) is 13.5 Å². The molecule has 6 nitrogen and oxygen atoms in total. The fourth-order valence-corrected chi connectivity index (χ4v) is 2.53. The molecule has 0 atom stereocenters. The smallest absolute Gasteiger partial charge is 0.139 e. The Morgan fingerprint density at radius 3 is 2.71 bits per heavy atom. The van der Waals surface area contributed by atoms with E-state index in [9.17, 15) is 0 Å². The Morgan fingerprint density at radius 2 is 2.05 bits per heavy atom. The number of anilines is 1. The first kappa shape index (κ1) is 13.9. The van der Waals surface area contributed by atoms with Gasteiger partial charge >= 0.3 is 0 Å². The van der Waals surface area contributed by atoms with Gasteiger partial charge in [-0.2, -0.15) is 0 Å². The molecule has 1 fully saturated rings. The zero-order valence-electron chi connectivity index (χ0n) is 12.5. The monoisotopic (exact) mass is 288 g/mol. The normalized spacial score (nSPS) is 16.2. The fraction of sp³-hybridized carbons (Fsp3) is 0.467. The van der Waals surface area contributed by atoms with Crippen LogP contribution in [-0.4, -0.2) is 48.3 Å². The highest BCUT2D eigenvalue weighted by atomic mass is 16.5. The number of hydrogen-bond donors (Lipinski definition) is 0. The van der Waals surface area contributed by atoms with Gasteiger partial charge in [0.25, 0.3) is 0 Å². The van der Waals surface area contributed by atoms with E-state index in [4.69, 9.17) is 9.26 Å². The van der Waals surface area contributed by atoms with Crippen LogP contribution < -0.4 is 9.64 Å². The molecule has 112 valence electrons. The topological polar surface area (TPSA) is 54.6 Å². The van der Waals surface area contributed by atoms with E-state index >= 15 is 0 Å². The number of hydrogen-bond acceptors (Lipinski definition) is 6. The quantitative estimate of drug-likeness (QED) is 0.853. The van der Waals surface area contributed by atoms with Crippen molar-refractivity contribution in [1.82, 2.24) is 15.0 Å². The van der Waals surface area contributed by atoms with Crippen molar-refractivity contribution in [2.24, 2.45) is 0 Å². The lowest BCUT2D eigenvalue weighted by atomic mass is 10.2. The fourth-order valence-electron chi connectivity index (χ4n) is 2.53. The Morgan fingerprint density at radius 1 is 1.24 bits per heavy atom. The van der Waals surface area contributed by atoms with Gasteiger partial charge in [-0.3, -0.25) is 9.88 Å². The summed E-state index contributed by atoms with van der Waals surface area (Å²) in [5.41, 5.74) is 3.27. The molecule has 1 aliphatic rings. The van der Waals surface area contributed by atoms with Crippen LogP contribution in [0.3, 0.4) is 0 Å². The summed E-state index contributed by atoms with van der Waals surface area (Å²) in [6, 6.07) is 2.03. The second-order valence-corrected chi connectivity index (χ2v) is 5.29. The van der Waals surface area contributed by atoms with E-state index < -0.39 is 0 Å². The molecule has 1 saturated heterocycles. The first-order valence-electron chi connectivity index (χ1n) is 7.12. The second-order valence-electron chi connectivity index (χ2n) is 5.29. The highest BCUT2D eigenvalue weighted by Crippen LogP contribution is 2.21. The molecule has 0 bridgehead atoms. The molecule has 0 aliphatic carbocycles. The Kier molecular flexibility index (Phi) is 4.06. The summed E-state index contributed by atoms with van der Waals surface area (Å²) in [7, 11) is 1.67. The van der Waals surface area contributed by atoms with Crippen molar-refractivity contribution in [1.29, 1.82) is 0 Å². The van der Waals surface area contributed by atoms with Gasteiger partial charge in [0.2, 0.25) is 0 Å². The van der Waals surface area contributed by atoms with Crippen LogP contribution in [0.5, 0.6) is 5.75 Å². The Labute approximate surface area is 124 Å². The summed E-state index contributed by atoms with van der Waals surface area (Å²) in [4.78, 5) is 8.95. The molecule has 0 amide bonds. The molecule has 0 spiro atoms. The van der Waals surface area contributed by atoms with Gasteiger partial charge in [0.15, 0.2) is 0 Å². The lowest BCUT2D eigenvalue weighted by molar-refractivity contribution is 0.241. The van der Waals surface area contributed by atoms with Crippen molar-refractivity contribution in [3.63, 3.8) is 0 Å². The maximum atomic E-state index is 5.23. The number of aryl methyl sites for hydroxylation is 1. The number of piperazine rings is 1. The molecule has 3 rings (SSSR count). The first-order chi connectivity index (χ1) is 10.3. The Hall–Kier alpha value is -2.08. The molecule has 2 aromatic rings. The van der Waals surface area contributed by atoms with Crippen LogP contribution in [0.2, 0.25) is 0 Å². The maximum Gasteiger partial charge on any atom is 0.139 e. The van der Waals surface area contributed by atoms with Crippen molar-refractivity contribution in [3.8, 4) is 5.75 Å². The number of methoxy groups -OCH3 is 1. The van der Waals surface area contributed by atoms with Gasteiger partial charge < -0.3 is 14.2 Å². The van der Waals surface area contributed by atoms with Crippen LogP contribution in [0.1, 0.15) is 11.3 Å². The van der Waals surface area contributed by atoms with Crippen molar-refractivity contribution in [3.05, 3.63) is 36.0 Å². The largest absolute Gasteiger partial charge is 0.495 e. The van der Waals surface area contributed by atoms with E-state index in [0.29, 0.717) is 0 Å². The average molecular weight is 288 g/mol. The number of rotatable bonds is 4. The number of aromatic nitrogens is 2. The van der Waals surface area contributed by atoms with Gasteiger partial charge in [-0.1, -0.05) is 5.16 Å². The van der Waals surface area contributed by atoms with Crippen LogP contribution in [-0.2, 0) is 6.54 Å². The van der Waals surface area contributed by atoms with Gasteiger partial charge in [0.05, 0.1) is 25.2 Å². The highest BCUT2D eigenvalue weighted by Gasteiger charge is 2.19. The molecule has 2 aromatic heterocycles. The lowest BCUT2D eigenvalue weighted by Gasteiger charge is -2.35. The maximum absolute atomic E-state index is 5.23. The lowest BCUT2D eigenvalue weighted by Crippen LogP contribution is -2.46. The number of pyridine rings is 1. The van der Waals surface area contributed by atoms with Crippen LogP contribution in [0.15, 0.2) is 29.2 Å². The van der Waals surface area contributed by atoms with E-state index in [1.807, 2.05) is 19.2 Å².